The number of hydrogen-bond donors (Lipinski definition) is 0. The third-order valence-corrected chi connectivity index (χ3v) is 6.17. The van der Waals surface area contributed by atoms with Gasteiger partial charge >= 0.3 is 0 Å². The fourth-order valence-corrected chi connectivity index (χ4v) is 4.79. The molecule has 140 valence electrons. The van der Waals surface area contributed by atoms with Crippen LogP contribution in [-0.4, -0.2) is 40.5 Å². The molecule has 0 spiro atoms. The minimum Gasteiger partial charge on any atom is -0.328 e. The zero-order chi connectivity index (χ0) is 18.8. The normalized spacial score (nSPS) is 21.9. The highest BCUT2D eigenvalue weighted by molar-refractivity contribution is 8.05. The first-order chi connectivity index (χ1) is 13.2. The molecular formula is C21H22N2O3S. The highest BCUT2D eigenvalue weighted by atomic mass is 32.2. The van der Waals surface area contributed by atoms with Gasteiger partial charge in [0.1, 0.15) is 12.0 Å². The number of likely N-dealkylation sites (tertiary alicyclic amines) is 1. The van der Waals surface area contributed by atoms with E-state index in [9.17, 15) is 14.4 Å². The molecule has 27 heavy (non-hydrogen) atoms. The van der Waals surface area contributed by atoms with Crippen molar-refractivity contribution in [3.63, 3.8) is 0 Å². The lowest BCUT2D eigenvalue weighted by atomic mass is 10.0. The summed E-state index contributed by atoms with van der Waals surface area (Å²) >= 11 is 1.38. The Morgan fingerprint density at radius 1 is 1.19 bits per heavy atom. The Kier molecular flexibility index (Phi) is 5.16. The number of aldehydes is 1. The van der Waals surface area contributed by atoms with Crippen molar-refractivity contribution in [2.45, 2.75) is 38.1 Å². The molecule has 2 amide bonds. The first kappa shape index (κ1) is 18.0. The first-order valence-corrected chi connectivity index (χ1v) is 10.3. The van der Waals surface area contributed by atoms with E-state index in [2.05, 4.69) is 12.1 Å². The Morgan fingerprint density at radius 2 is 1.93 bits per heavy atom. The monoisotopic (exact) mass is 382 g/mol. The molecule has 2 heterocycles. The maximum absolute atomic E-state index is 13.0. The number of benzene rings is 1. The summed E-state index contributed by atoms with van der Waals surface area (Å²) in [4.78, 5) is 40.2. The lowest BCUT2D eigenvalue weighted by Crippen LogP contribution is -2.42. The van der Waals surface area contributed by atoms with Crippen LogP contribution in [-0.2, 0) is 27.2 Å². The highest BCUT2D eigenvalue weighted by Crippen LogP contribution is 2.31. The number of thioether (sulfide) groups is 1. The van der Waals surface area contributed by atoms with Gasteiger partial charge in [0.2, 0.25) is 5.91 Å². The topological polar surface area (TPSA) is 57.7 Å². The molecule has 0 radical (unpaired) electrons. The van der Waals surface area contributed by atoms with Crippen LogP contribution in [0.15, 0.2) is 47.0 Å². The van der Waals surface area contributed by atoms with Gasteiger partial charge in [0.05, 0.1) is 6.04 Å². The van der Waals surface area contributed by atoms with Gasteiger partial charge in [-0.05, 0) is 48.1 Å². The van der Waals surface area contributed by atoms with Crippen LogP contribution < -0.4 is 0 Å². The molecule has 0 saturated carbocycles. The van der Waals surface area contributed by atoms with E-state index >= 15 is 0 Å². The standard InChI is InChI=1S/C21H22N2O3S/c24-13-18-6-3-7-22(18)21(26)19-14-27-9-8-23(19)20(25)12-15-10-16-4-1-2-5-17(16)11-15/h1-2,4-5,8-9,13-15,18H,3,6-7,10-12H2/t18-/m0/s1. The van der Waals surface area contributed by atoms with Crippen LogP contribution in [0, 0.1) is 5.92 Å². The summed E-state index contributed by atoms with van der Waals surface area (Å²) in [5.74, 6) is -0.0287. The zero-order valence-electron chi connectivity index (χ0n) is 15.0. The molecule has 1 atom stereocenters. The van der Waals surface area contributed by atoms with Gasteiger partial charge in [-0.3, -0.25) is 14.5 Å². The third-order valence-electron chi connectivity index (χ3n) is 5.53. The Morgan fingerprint density at radius 3 is 2.63 bits per heavy atom. The van der Waals surface area contributed by atoms with Gasteiger partial charge in [-0.15, -0.1) is 11.8 Å². The van der Waals surface area contributed by atoms with Crippen LogP contribution in [0.25, 0.3) is 0 Å². The maximum atomic E-state index is 13.0. The molecule has 1 saturated heterocycles. The molecule has 1 fully saturated rings. The van der Waals surface area contributed by atoms with Crippen molar-refractivity contribution in [2.24, 2.45) is 5.92 Å². The number of hydrogen-bond acceptors (Lipinski definition) is 4. The van der Waals surface area contributed by atoms with Crippen molar-refractivity contribution >= 4 is 29.9 Å². The van der Waals surface area contributed by atoms with Gasteiger partial charge in [-0.2, -0.15) is 0 Å². The van der Waals surface area contributed by atoms with E-state index in [1.165, 1.54) is 27.8 Å². The SMILES string of the molecule is O=C[C@@H]1CCCN1C(=O)C1=CSC=CN1C(=O)CC1Cc2ccccc2C1. The predicted octanol–water partition coefficient (Wildman–Crippen LogP) is 2.87. The highest BCUT2D eigenvalue weighted by Gasteiger charge is 2.35. The molecule has 2 aliphatic heterocycles. The average molecular weight is 382 g/mol. The molecule has 0 aromatic heterocycles. The van der Waals surface area contributed by atoms with Crippen LogP contribution >= 0.6 is 11.8 Å². The van der Waals surface area contributed by atoms with E-state index in [0.717, 1.165) is 25.5 Å². The fourth-order valence-electron chi connectivity index (χ4n) is 4.18. The van der Waals surface area contributed by atoms with Gasteiger partial charge in [-0.1, -0.05) is 24.3 Å². The lowest BCUT2D eigenvalue weighted by Gasteiger charge is -2.29. The van der Waals surface area contributed by atoms with Gasteiger partial charge < -0.3 is 9.69 Å². The number of fused-ring (bicyclic) bond motifs is 1. The van der Waals surface area contributed by atoms with Crippen molar-refractivity contribution in [1.29, 1.82) is 0 Å². The molecule has 1 aromatic rings. The molecular weight excluding hydrogens is 360 g/mol. The largest absolute Gasteiger partial charge is 0.328 e. The average Bonchev–Trinajstić information content (AvgIpc) is 3.33. The van der Waals surface area contributed by atoms with E-state index in [4.69, 9.17) is 0 Å². The van der Waals surface area contributed by atoms with Gasteiger partial charge in [0, 0.05) is 24.6 Å². The summed E-state index contributed by atoms with van der Waals surface area (Å²) in [5.41, 5.74) is 2.99. The third kappa shape index (κ3) is 3.58. The van der Waals surface area contributed by atoms with Crippen LogP contribution in [0.5, 0.6) is 0 Å². The van der Waals surface area contributed by atoms with Crippen LogP contribution in [0.4, 0.5) is 0 Å². The lowest BCUT2D eigenvalue weighted by molar-refractivity contribution is -0.136. The van der Waals surface area contributed by atoms with Gasteiger partial charge in [-0.25, -0.2) is 0 Å². The number of rotatable bonds is 4. The van der Waals surface area contributed by atoms with Gasteiger partial charge in [0.15, 0.2) is 0 Å². The van der Waals surface area contributed by atoms with Crippen LogP contribution in [0.2, 0.25) is 0 Å². The summed E-state index contributed by atoms with van der Waals surface area (Å²) in [6, 6.07) is 7.94. The second-order valence-corrected chi connectivity index (χ2v) is 8.06. The van der Waals surface area contributed by atoms with Crippen LogP contribution in [0.3, 0.4) is 0 Å². The molecule has 3 aliphatic rings. The smallest absolute Gasteiger partial charge is 0.272 e. The number of carbonyl (C=O) groups is 3. The number of nitrogens with zero attached hydrogens (tertiary/aromatic N) is 2. The Balaban J connectivity index is 1.45. The van der Waals surface area contributed by atoms with Crippen molar-refractivity contribution in [2.75, 3.05) is 6.54 Å². The second kappa shape index (κ2) is 7.72. The molecule has 0 unspecified atom stereocenters. The molecule has 4 rings (SSSR count). The number of amides is 2. The van der Waals surface area contributed by atoms with E-state index in [1.54, 1.807) is 21.9 Å². The van der Waals surface area contributed by atoms with Crippen molar-refractivity contribution in [3.05, 3.63) is 58.1 Å². The first-order valence-electron chi connectivity index (χ1n) is 9.35. The Bertz CT molecular complexity index is 807. The summed E-state index contributed by atoms with van der Waals surface area (Å²) in [5, 5.41) is 3.52. The summed E-state index contributed by atoms with van der Waals surface area (Å²) < 4.78 is 0. The van der Waals surface area contributed by atoms with Crippen LogP contribution in [0.1, 0.15) is 30.4 Å². The minimum absolute atomic E-state index is 0.0641. The van der Waals surface area contributed by atoms with E-state index in [-0.39, 0.29) is 23.8 Å². The van der Waals surface area contributed by atoms with Crippen molar-refractivity contribution in [1.82, 2.24) is 9.80 Å². The molecule has 1 aliphatic carbocycles. The summed E-state index contributed by atoms with van der Waals surface area (Å²) in [6.07, 6.45) is 6.24. The molecule has 0 bridgehead atoms. The second-order valence-electron chi connectivity index (χ2n) is 7.28. The maximum Gasteiger partial charge on any atom is 0.272 e. The van der Waals surface area contributed by atoms with Crippen molar-refractivity contribution < 1.29 is 14.4 Å². The summed E-state index contributed by atoms with van der Waals surface area (Å²) in [7, 11) is 0. The minimum atomic E-state index is -0.379. The molecule has 1 aromatic carbocycles. The Labute approximate surface area is 163 Å². The fraction of sp³-hybridized carbons (Fsp3) is 0.381. The van der Waals surface area contributed by atoms with Crippen molar-refractivity contribution in [3.8, 4) is 0 Å². The summed E-state index contributed by atoms with van der Waals surface area (Å²) in [6.45, 7) is 0.563. The van der Waals surface area contributed by atoms with E-state index < -0.39 is 0 Å². The Hall–Kier alpha value is -2.34. The number of carbonyl (C=O) groups excluding carboxylic acids is 3. The predicted molar refractivity (Wildman–Crippen MR) is 104 cm³/mol. The van der Waals surface area contributed by atoms with E-state index in [0.29, 0.717) is 25.1 Å². The van der Waals surface area contributed by atoms with E-state index in [1.807, 2.05) is 12.1 Å². The molecule has 5 nitrogen and oxygen atoms in total. The quantitative estimate of drug-likeness (QED) is 0.752. The molecule has 0 N–H and O–H groups in total. The molecule has 6 heteroatoms. The zero-order valence-corrected chi connectivity index (χ0v) is 15.9. The van der Waals surface area contributed by atoms with Gasteiger partial charge in [0.25, 0.3) is 5.91 Å².